The summed E-state index contributed by atoms with van der Waals surface area (Å²) in [6.07, 6.45) is 1.63. The third-order valence-electron chi connectivity index (χ3n) is 6.58. The maximum absolute atomic E-state index is 12.8. The Morgan fingerprint density at radius 1 is 1.06 bits per heavy atom. The van der Waals surface area contributed by atoms with Gasteiger partial charge in [-0.25, -0.2) is 0 Å². The lowest BCUT2D eigenvalue weighted by atomic mass is 9.99. The summed E-state index contributed by atoms with van der Waals surface area (Å²) in [5, 5.41) is 9.41. The summed E-state index contributed by atoms with van der Waals surface area (Å²) < 4.78 is 18.5. The van der Waals surface area contributed by atoms with Gasteiger partial charge in [0.1, 0.15) is 11.6 Å². The highest BCUT2D eigenvalue weighted by Gasteiger charge is 2.38. The first-order valence-electron chi connectivity index (χ1n) is 12.5. The van der Waals surface area contributed by atoms with Gasteiger partial charge in [0.15, 0.2) is 6.29 Å². The highest BCUT2D eigenvalue weighted by molar-refractivity contribution is 5.76. The van der Waals surface area contributed by atoms with Gasteiger partial charge in [-0.3, -0.25) is 9.69 Å². The Morgan fingerprint density at radius 3 is 2.34 bits per heavy atom. The van der Waals surface area contributed by atoms with Gasteiger partial charge >= 0.3 is 5.97 Å². The van der Waals surface area contributed by atoms with Crippen LogP contribution < -0.4 is 5.73 Å². The Kier molecular flexibility index (Phi) is 8.24. The third kappa shape index (κ3) is 6.68. The fraction of sp³-hybridized carbons (Fsp3) is 0.536. The number of rotatable bonds is 7. The molecule has 2 aromatic rings. The molecule has 7 heteroatoms. The van der Waals surface area contributed by atoms with E-state index in [0.29, 0.717) is 19.5 Å². The first-order chi connectivity index (χ1) is 16.8. The predicted octanol–water partition coefficient (Wildman–Crippen LogP) is 3.99. The first-order valence-corrected chi connectivity index (χ1v) is 12.5. The number of likely N-dealkylation sites (tertiary alicyclic amines) is 1. The molecule has 0 radical (unpaired) electrons. The number of aliphatic hydroxyl groups excluding tert-OH is 1. The van der Waals surface area contributed by atoms with Crippen molar-refractivity contribution in [3.05, 3.63) is 70.8 Å². The van der Waals surface area contributed by atoms with E-state index in [1.807, 2.05) is 69.3 Å². The summed E-state index contributed by atoms with van der Waals surface area (Å²) in [7, 11) is 0. The number of nitrogens with two attached hydrogens (primary N) is 1. The second-order valence-electron chi connectivity index (χ2n) is 10.5. The van der Waals surface area contributed by atoms with Crippen LogP contribution in [0.4, 0.5) is 0 Å². The number of nitrogens with zero attached hydrogens (tertiary/aromatic N) is 1. The zero-order valence-corrected chi connectivity index (χ0v) is 21.0. The highest BCUT2D eigenvalue weighted by atomic mass is 16.7. The number of hydrogen-bond donors (Lipinski definition) is 2. The van der Waals surface area contributed by atoms with Crippen LogP contribution in [0.1, 0.15) is 74.7 Å². The van der Waals surface area contributed by atoms with Gasteiger partial charge < -0.3 is 25.1 Å². The smallest absolute Gasteiger partial charge is 0.323 e. The van der Waals surface area contributed by atoms with Crippen molar-refractivity contribution in [1.82, 2.24) is 4.90 Å². The van der Waals surface area contributed by atoms with Crippen molar-refractivity contribution in [2.75, 3.05) is 13.1 Å². The van der Waals surface area contributed by atoms with Crippen molar-refractivity contribution in [2.45, 2.75) is 83.3 Å². The van der Waals surface area contributed by atoms with Crippen LogP contribution >= 0.6 is 0 Å². The number of ether oxygens (including phenoxy) is 3. The van der Waals surface area contributed by atoms with Crippen LogP contribution in [0.5, 0.6) is 0 Å². The lowest BCUT2D eigenvalue weighted by molar-refractivity contribution is -0.253. The lowest BCUT2D eigenvalue weighted by Crippen LogP contribution is -2.45. The van der Waals surface area contributed by atoms with E-state index < -0.39 is 11.9 Å². The molecule has 2 aliphatic rings. The van der Waals surface area contributed by atoms with E-state index in [4.69, 9.17) is 19.9 Å². The fourth-order valence-electron chi connectivity index (χ4n) is 4.79. The molecule has 0 aliphatic carbocycles. The van der Waals surface area contributed by atoms with Crippen LogP contribution in [0, 0.1) is 0 Å². The van der Waals surface area contributed by atoms with Gasteiger partial charge in [0, 0.05) is 25.1 Å². The summed E-state index contributed by atoms with van der Waals surface area (Å²) in [6.45, 7) is 7.67. The quantitative estimate of drug-likeness (QED) is 0.576. The van der Waals surface area contributed by atoms with Gasteiger partial charge in [-0.1, -0.05) is 48.5 Å². The van der Waals surface area contributed by atoms with Crippen molar-refractivity contribution in [2.24, 2.45) is 5.73 Å². The molecular formula is C28H38N2O5. The number of benzene rings is 2. The summed E-state index contributed by atoms with van der Waals surface area (Å²) in [5.74, 6) is -0.160. The molecule has 4 unspecified atom stereocenters. The lowest BCUT2D eigenvalue weighted by Gasteiger charge is -2.38. The maximum atomic E-state index is 12.8. The summed E-state index contributed by atoms with van der Waals surface area (Å²) >= 11 is 0. The van der Waals surface area contributed by atoms with Crippen LogP contribution in [0.3, 0.4) is 0 Å². The minimum Gasteiger partial charge on any atom is -0.459 e. The Balaban J connectivity index is 1.52. The first kappa shape index (κ1) is 25.8. The number of aliphatic hydroxyl groups is 1. The Bertz CT molecular complexity index is 915. The topological polar surface area (TPSA) is 94.2 Å². The zero-order chi connectivity index (χ0) is 25.0. The van der Waals surface area contributed by atoms with E-state index in [0.717, 1.165) is 41.6 Å². The summed E-state index contributed by atoms with van der Waals surface area (Å²) in [6, 6.07) is 15.6. The molecular weight excluding hydrogens is 444 g/mol. The molecule has 4 atom stereocenters. The number of carbonyl (C=O) groups excluding carboxylic acids is 1. The Hall–Kier alpha value is -2.29. The zero-order valence-electron chi connectivity index (χ0n) is 21.0. The maximum Gasteiger partial charge on any atom is 0.323 e. The van der Waals surface area contributed by atoms with Gasteiger partial charge in [0.25, 0.3) is 0 Å². The van der Waals surface area contributed by atoms with E-state index >= 15 is 0 Å². The van der Waals surface area contributed by atoms with Gasteiger partial charge in [0.2, 0.25) is 0 Å². The van der Waals surface area contributed by atoms with E-state index in [2.05, 4.69) is 4.90 Å². The van der Waals surface area contributed by atoms with E-state index in [1.54, 1.807) is 0 Å². The van der Waals surface area contributed by atoms with Gasteiger partial charge in [-0.15, -0.1) is 0 Å². The predicted molar refractivity (Wildman–Crippen MR) is 133 cm³/mol. The normalized spacial score (nSPS) is 25.5. The van der Waals surface area contributed by atoms with E-state index in [-0.39, 0.29) is 30.8 Å². The summed E-state index contributed by atoms with van der Waals surface area (Å²) in [4.78, 5) is 15.0. The SMILES string of the molecule is CC(C)(C)OC(=O)C1CCCN1CC1CC(c2ccc(CO)cc2)OC(c2ccc(CN)cc2)O1. The second kappa shape index (κ2) is 11.2. The molecule has 2 saturated heterocycles. The number of carbonyl (C=O) groups is 1. The molecule has 0 aromatic heterocycles. The third-order valence-corrected chi connectivity index (χ3v) is 6.58. The molecule has 35 heavy (non-hydrogen) atoms. The fourth-order valence-corrected chi connectivity index (χ4v) is 4.79. The molecule has 190 valence electrons. The molecule has 0 spiro atoms. The van der Waals surface area contributed by atoms with Crippen molar-refractivity contribution in [3.63, 3.8) is 0 Å². The van der Waals surface area contributed by atoms with Crippen molar-refractivity contribution >= 4 is 5.97 Å². The molecule has 7 nitrogen and oxygen atoms in total. The highest BCUT2D eigenvalue weighted by Crippen LogP contribution is 2.38. The molecule has 3 N–H and O–H groups in total. The standard InChI is InChI=1S/C28H38N2O5/c1-28(2,3)35-26(32)24-5-4-14-30(24)17-23-15-25(21-10-8-20(18-31)9-11-21)34-27(33-23)22-12-6-19(16-29)7-13-22/h6-13,23-25,27,31H,4-5,14-18,29H2,1-3H3. The van der Waals surface area contributed by atoms with Crippen LogP contribution in [-0.4, -0.2) is 46.8 Å². The molecule has 2 fully saturated rings. The molecule has 4 rings (SSSR count). The van der Waals surface area contributed by atoms with Gasteiger partial charge in [-0.05, 0) is 56.8 Å². The van der Waals surface area contributed by atoms with Crippen molar-refractivity contribution in [3.8, 4) is 0 Å². The van der Waals surface area contributed by atoms with Crippen molar-refractivity contribution in [1.29, 1.82) is 0 Å². The minimum absolute atomic E-state index is 0.00860. The largest absolute Gasteiger partial charge is 0.459 e. The average molecular weight is 483 g/mol. The van der Waals surface area contributed by atoms with Crippen molar-refractivity contribution < 1.29 is 24.1 Å². The molecule has 0 amide bonds. The minimum atomic E-state index is -0.523. The number of hydrogen-bond acceptors (Lipinski definition) is 7. The van der Waals surface area contributed by atoms with Gasteiger partial charge in [-0.2, -0.15) is 0 Å². The summed E-state index contributed by atoms with van der Waals surface area (Å²) in [5.41, 5.74) is 9.16. The molecule has 0 bridgehead atoms. The molecule has 2 heterocycles. The van der Waals surface area contributed by atoms with Crippen LogP contribution in [-0.2, 0) is 32.2 Å². The second-order valence-corrected chi connectivity index (χ2v) is 10.5. The van der Waals surface area contributed by atoms with E-state index in [1.165, 1.54) is 0 Å². The van der Waals surface area contributed by atoms with E-state index in [9.17, 15) is 9.90 Å². The molecule has 2 aliphatic heterocycles. The number of esters is 1. The van der Waals surface area contributed by atoms with Gasteiger partial charge in [0.05, 0.1) is 18.8 Å². The van der Waals surface area contributed by atoms with Crippen LogP contribution in [0.25, 0.3) is 0 Å². The monoisotopic (exact) mass is 482 g/mol. The Labute approximate surface area is 208 Å². The Morgan fingerprint density at radius 2 is 1.71 bits per heavy atom. The van der Waals surface area contributed by atoms with Crippen LogP contribution in [0.15, 0.2) is 48.5 Å². The van der Waals surface area contributed by atoms with Crippen LogP contribution in [0.2, 0.25) is 0 Å². The molecule has 0 saturated carbocycles. The molecule has 2 aromatic carbocycles. The average Bonchev–Trinajstić information content (AvgIpc) is 3.31.